The number of carboxylic acids is 1. The molecule has 3 rings (SSSR count). The Kier molecular flexibility index (Phi) is 8.14. The van der Waals surface area contributed by atoms with E-state index < -0.39 is 40.5 Å². The fourth-order valence-electron chi connectivity index (χ4n) is 4.18. The third-order valence-electron chi connectivity index (χ3n) is 5.97. The van der Waals surface area contributed by atoms with Crippen LogP contribution in [0.4, 0.5) is 0 Å². The highest BCUT2D eigenvalue weighted by molar-refractivity contribution is 7.92. The average Bonchev–Trinajstić information content (AvgIpc) is 3.17. The molecule has 2 aliphatic rings. The number of halogens is 1. The van der Waals surface area contributed by atoms with Gasteiger partial charge in [-0.05, 0) is 56.4 Å². The lowest BCUT2D eigenvalue weighted by molar-refractivity contribution is -0.145. The van der Waals surface area contributed by atoms with Crippen LogP contribution in [-0.4, -0.2) is 83.7 Å². The number of hydrogen-bond donors (Lipinski definition) is 1. The van der Waals surface area contributed by atoms with Crippen LogP contribution in [0.25, 0.3) is 6.08 Å². The van der Waals surface area contributed by atoms with Crippen molar-refractivity contribution in [1.82, 2.24) is 14.1 Å². The minimum Gasteiger partial charge on any atom is -0.480 e. The van der Waals surface area contributed by atoms with Crippen LogP contribution in [0.1, 0.15) is 38.2 Å². The summed E-state index contributed by atoms with van der Waals surface area (Å²) in [4.78, 5) is 40.5. The van der Waals surface area contributed by atoms with Crippen LogP contribution >= 0.6 is 11.6 Å². The van der Waals surface area contributed by atoms with Gasteiger partial charge in [-0.1, -0.05) is 23.7 Å². The first-order chi connectivity index (χ1) is 15.6. The van der Waals surface area contributed by atoms with Gasteiger partial charge in [-0.25, -0.2) is 8.42 Å². The number of likely N-dealkylation sites (tertiary alicyclic amines) is 2. The van der Waals surface area contributed by atoms with E-state index in [0.717, 1.165) is 24.7 Å². The van der Waals surface area contributed by atoms with E-state index in [1.165, 1.54) is 11.0 Å². The lowest BCUT2D eigenvalue weighted by Gasteiger charge is -2.33. The molecule has 0 saturated carbocycles. The highest BCUT2D eigenvalue weighted by Crippen LogP contribution is 2.25. The molecule has 2 saturated heterocycles. The van der Waals surface area contributed by atoms with Crippen LogP contribution in [0.15, 0.2) is 29.7 Å². The van der Waals surface area contributed by atoms with Gasteiger partial charge in [-0.3, -0.25) is 14.4 Å². The summed E-state index contributed by atoms with van der Waals surface area (Å²) in [6.07, 6.45) is 4.33. The molecule has 0 radical (unpaired) electrons. The molecule has 1 aromatic carbocycles. The number of carboxylic acid groups (broad SMARTS) is 1. The van der Waals surface area contributed by atoms with E-state index in [1.807, 2.05) is 0 Å². The lowest BCUT2D eigenvalue weighted by atomic mass is 10.1. The number of hydrogen-bond acceptors (Lipinski definition) is 5. The van der Waals surface area contributed by atoms with Crippen molar-refractivity contribution >= 4 is 45.5 Å². The highest BCUT2D eigenvalue weighted by Gasteiger charge is 2.44. The monoisotopic (exact) mass is 497 g/mol. The minimum absolute atomic E-state index is 0.109. The van der Waals surface area contributed by atoms with E-state index in [0.29, 0.717) is 28.0 Å². The number of rotatable bonds is 8. The largest absolute Gasteiger partial charge is 0.480 e. The number of amides is 2. The minimum atomic E-state index is -4.24. The Morgan fingerprint density at radius 2 is 1.82 bits per heavy atom. The molecule has 0 bridgehead atoms. The predicted molar refractivity (Wildman–Crippen MR) is 124 cm³/mol. The van der Waals surface area contributed by atoms with Gasteiger partial charge < -0.3 is 14.9 Å². The van der Waals surface area contributed by atoms with Crippen LogP contribution in [0.3, 0.4) is 0 Å². The normalized spacial score (nSPS) is 20.6. The molecule has 1 N–H and O–H groups in total. The predicted octanol–water partition coefficient (Wildman–Crippen LogP) is 2.03. The second-order valence-corrected chi connectivity index (χ2v) is 10.4. The topological polar surface area (TPSA) is 115 Å². The number of benzene rings is 1. The Bertz CT molecular complexity index is 1020. The summed E-state index contributed by atoms with van der Waals surface area (Å²) in [6.45, 7) is 2.24. The van der Waals surface area contributed by atoms with Gasteiger partial charge in [-0.2, -0.15) is 4.31 Å². The van der Waals surface area contributed by atoms with Crippen molar-refractivity contribution in [2.24, 2.45) is 0 Å². The standard InChI is InChI=1S/C22H28ClN3O6S/c1-16(21(29)24-11-3-2-4-12-24)25-13-9-19(22(25)30)26(15-20(27)28)33(31,32)14-10-17-5-7-18(23)8-6-17/h5-8,10,14,16,19H,2-4,9,11-13,15H2,1H3,(H,27,28)/t16-,19-/m0/s1. The molecule has 2 heterocycles. The smallest absolute Gasteiger partial charge is 0.318 e. The van der Waals surface area contributed by atoms with Gasteiger partial charge in [0.05, 0.1) is 0 Å². The SMILES string of the molecule is C[C@@H](C(=O)N1CCCCC1)N1CC[C@H](N(CC(=O)O)S(=O)(=O)C=Cc2ccc(Cl)cc2)C1=O. The van der Waals surface area contributed by atoms with Crippen LogP contribution in [0, 0.1) is 0 Å². The molecule has 0 unspecified atom stereocenters. The zero-order valence-corrected chi connectivity index (χ0v) is 20.0. The summed E-state index contributed by atoms with van der Waals surface area (Å²) in [7, 11) is -4.24. The summed E-state index contributed by atoms with van der Waals surface area (Å²) >= 11 is 5.84. The Hall–Kier alpha value is -2.43. The van der Waals surface area contributed by atoms with Crippen molar-refractivity contribution in [2.75, 3.05) is 26.2 Å². The van der Waals surface area contributed by atoms with E-state index in [9.17, 15) is 27.9 Å². The van der Waals surface area contributed by atoms with Gasteiger partial charge in [0, 0.05) is 30.1 Å². The van der Waals surface area contributed by atoms with Crippen molar-refractivity contribution in [3.8, 4) is 0 Å². The zero-order chi connectivity index (χ0) is 24.2. The third-order valence-corrected chi connectivity index (χ3v) is 7.74. The van der Waals surface area contributed by atoms with Crippen LogP contribution in [-0.2, 0) is 24.4 Å². The summed E-state index contributed by atoms with van der Waals surface area (Å²) < 4.78 is 26.7. The maximum Gasteiger partial charge on any atom is 0.318 e. The molecule has 180 valence electrons. The maximum atomic E-state index is 13.1. The van der Waals surface area contributed by atoms with Crippen molar-refractivity contribution in [1.29, 1.82) is 0 Å². The quantitative estimate of drug-likeness (QED) is 0.587. The number of aliphatic carboxylic acids is 1. The van der Waals surface area contributed by atoms with E-state index in [1.54, 1.807) is 36.1 Å². The number of sulfonamides is 1. The Balaban J connectivity index is 1.78. The number of nitrogens with zero attached hydrogens (tertiary/aromatic N) is 3. The average molecular weight is 498 g/mol. The van der Waals surface area contributed by atoms with E-state index >= 15 is 0 Å². The molecule has 0 aromatic heterocycles. The number of carbonyl (C=O) groups is 3. The van der Waals surface area contributed by atoms with Crippen molar-refractivity contribution in [3.05, 3.63) is 40.3 Å². The number of piperidine rings is 1. The van der Waals surface area contributed by atoms with E-state index in [-0.39, 0.29) is 18.9 Å². The van der Waals surface area contributed by atoms with Crippen LogP contribution in [0.2, 0.25) is 5.02 Å². The van der Waals surface area contributed by atoms with Crippen LogP contribution < -0.4 is 0 Å². The first-order valence-corrected chi connectivity index (χ1v) is 12.7. The molecule has 2 fully saturated rings. The van der Waals surface area contributed by atoms with Crippen molar-refractivity contribution in [2.45, 2.75) is 44.7 Å². The molecule has 11 heteroatoms. The highest BCUT2D eigenvalue weighted by atomic mass is 35.5. The molecule has 2 aliphatic heterocycles. The molecule has 0 aliphatic carbocycles. The Morgan fingerprint density at radius 3 is 2.42 bits per heavy atom. The third kappa shape index (κ3) is 6.13. The first-order valence-electron chi connectivity index (χ1n) is 10.9. The second kappa shape index (κ2) is 10.7. The van der Waals surface area contributed by atoms with Gasteiger partial charge in [-0.15, -0.1) is 0 Å². The first kappa shape index (κ1) is 25.2. The zero-order valence-electron chi connectivity index (χ0n) is 18.4. The molecular formula is C22H28ClN3O6S. The second-order valence-electron chi connectivity index (χ2n) is 8.24. The van der Waals surface area contributed by atoms with E-state index in [2.05, 4.69) is 0 Å². The molecule has 33 heavy (non-hydrogen) atoms. The summed E-state index contributed by atoms with van der Waals surface area (Å²) in [6, 6.07) is 4.51. The molecule has 0 spiro atoms. The van der Waals surface area contributed by atoms with Gasteiger partial charge in [0.15, 0.2) is 0 Å². The maximum absolute atomic E-state index is 13.1. The van der Waals surface area contributed by atoms with Gasteiger partial charge in [0.25, 0.3) is 0 Å². The van der Waals surface area contributed by atoms with Gasteiger partial charge >= 0.3 is 5.97 Å². The summed E-state index contributed by atoms with van der Waals surface area (Å²) in [5.74, 6) is -2.10. The number of carbonyl (C=O) groups excluding carboxylic acids is 2. The van der Waals surface area contributed by atoms with E-state index in [4.69, 9.17) is 11.6 Å². The Morgan fingerprint density at radius 1 is 1.18 bits per heavy atom. The summed E-state index contributed by atoms with van der Waals surface area (Å²) in [5, 5.41) is 10.7. The summed E-state index contributed by atoms with van der Waals surface area (Å²) in [5.41, 5.74) is 0.554. The van der Waals surface area contributed by atoms with Gasteiger partial charge in [0.2, 0.25) is 21.8 Å². The van der Waals surface area contributed by atoms with Crippen molar-refractivity contribution < 1.29 is 27.9 Å². The molecule has 9 nitrogen and oxygen atoms in total. The molecular weight excluding hydrogens is 470 g/mol. The van der Waals surface area contributed by atoms with Crippen molar-refractivity contribution in [3.63, 3.8) is 0 Å². The van der Waals surface area contributed by atoms with Gasteiger partial charge in [0.1, 0.15) is 18.6 Å². The fraction of sp³-hybridized carbons (Fsp3) is 0.500. The fourth-order valence-corrected chi connectivity index (χ4v) is 5.63. The molecule has 2 atom stereocenters. The Labute approximate surface area is 198 Å². The molecule has 2 amide bonds. The van der Waals surface area contributed by atoms with Crippen LogP contribution in [0.5, 0.6) is 0 Å². The molecule has 1 aromatic rings. The lowest BCUT2D eigenvalue weighted by Crippen LogP contribution is -2.52.